The summed E-state index contributed by atoms with van der Waals surface area (Å²) in [5, 5.41) is 3.30. The molecule has 0 saturated carbocycles. The van der Waals surface area contributed by atoms with Crippen LogP contribution in [0.2, 0.25) is 0 Å². The molecule has 0 bridgehead atoms. The van der Waals surface area contributed by atoms with Gasteiger partial charge in [0.15, 0.2) is 0 Å². The summed E-state index contributed by atoms with van der Waals surface area (Å²) in [6.07, 6.45) is 0. The Labute approximate surface area is 109 Å². The number of nitrogens with zero attached hydrogens (tertiary/aromatic N) is 1. The van der Waals surface area contributed by atoms with Gasteiger partial charge in [0.05, 0.1) is 23.7 Å². The Hall–Kier alpha value is -2.69. The number of fused-ring (bicyclic) bond motifs is 1. The molecule has 0 unspecified atom stereocenters. The van der Waals surface area contributed by atoms with Gasteiger partial charge in [0, 0.05) is 5.69 Å². The summed E-state index contributed by atoms with van der Waals surface area (Å²) in [6.45, 7) is 0. The molecular formula is C14H13N3O2. The molecule has 0 aliphatic carbocycles. The maximum Gasteiger partial charge on any atom is 0.274 e. The van der Waals surface area contributed by atoms with Crippen LogP contribution in [0.1, 0.15) is 0 Å². The Morgan fingerprint density at radius 3 is 2.58 bits per heavy atom. The van der Waals surface area contributed by atoms with E-state index < -0.39 is 0 Å². The highest BCUT2D eigenvalue weighted by Gasteiger charge is 2.10. The molecule has 0 atom stereocenters. The van der Waals surface area contributed by atoms with Gasteiger partial charge >= 0.3 is 0 Å². The molecule has 5 nitrogen and oxygen atoms in total. The molecule has 19 heavy (non-hydrogen) atoms. The van der Waals surface area contributed by atoms with Crippen LogP contribution in [0.5, 0.6) is 5.75 Å². The lowest BCUT2D eigenvalue weighted by atomic mass is 10.2. The van der Waals surface area contributed by atoms with Crippen LogP contribution in [0, 0.1) is 0 Å². The summed E-state index contributed by atoms with van der Waals surface area (Å²) in [5.74, 6) is 0.766. The SMILES string of the molecule is COc1ccc(-n2[nH]c(=O)c3c(N)cccc32)cc1. The zero-order valence-electron chi connectivity index (χ0n) is 10.4. The van der Waals surface area contributed by atoms with Crippen LogP contribution in [0.3, 0.4) is 0 Å². The quantitative estimate of drug-likeness (QED) is 0.687. The monoisotopic (exact) mass is 255 g/mol. The van der Waals surface area contributed by atoms with Gasteiger partial charge in [-0.05, 0) is 36.4 Å². The van der Waals surface area contributed by atoms with Crippen molar-refractivity contribution < 1.29 is 4.74 Å². The van der Waals surface area contributed by atoms with Gasteiger partial charge in [-0.3, -0.25) is 14.6 Å². The van der Waals surface area contributed by atoms with Gasteiger partial charge in [0.25, 0.3) is 5.56 Å². The number of ether oxygens (including phenoxy) is 1. The van der Waals surface area contributed by atoms with Crippen molar-refractivity contribution in [3.8, 4) is 11.4 Å². The predicted molar refractivity (Wildman–Crippen MR) is 74.9 cm³/mol. The number of nitrogens with two attached hydrogens (primary N) is 1. The van der Waals surface area contributed by atoms with Crippen LogP contribution >= 0.6 is 0 Å². The molecule has 0 spiro atoms. The summed E-state index contributed by atoms with van der Waals surface area (Å²) < 4.78 is 6.83. The molecule has 3 aromatic rings. The van der Waals surface area contributed by atoms with Crippen molar-refractivity contribution in [3.63, 3.8) is 0 Å². The maximum absolute atomic E-state index is 11.9. The predicted octanol–water partition coefficient (Wildman–Crippen LogP) is 1.91. The molecule has 2 aromatic carbocycles. The Bertz CT molecular complexity index is 785. The van der Waals surface area contributed by atoms with Crippen molar-refractivity contribution in [1.82, 2.24) is 9.78 Å². The standard InChI is InChI=1S/C14H13N3O2/c1-19-10-7-5-9(6-8-10)17-12-4-2-3-11(15)13(12)14(18)16-17/h2-8H,15H2,1H3,(H,16,18). The van der Waals surface area contributed by atoms with Crippen molar-refractivity contribution in [3.05, 3.63) is 52.8 Å². The average Bonchev–Trinajstić information content (AvgIpc) is 2.78. The highest BCUT2D eigenvalue weighted by molar-refractivity contribution is 5.90. The maximum atomic E-state index is 11.9. The minimum Gasteiger partial charge on any atom is -0.497 e. The first-order valence-corrected chi connectivity index (χ1v) is 5.84. The van der Waals surface area contributed by atoms with Crippen molar-refractivity contribution in [2.45, 2.75) is 0 Å². The number of hydrogen-bond donors (Lipinski definition) is 2. The molecule has 0 aliphatic heterocycles. The van der Waals surface area contributed by atoms with Crippen molar-refractivity contribution in [2.24, 2.45) is 0 Å². The number of aromatic amines is 1. The van der Waals surface area contributed by atoms with E-state index in [1.165, 1.54) is 0 Å². The highest BCUT2D eigenvalue weighted by Crippen LogP contribution is 2.21. The fraction of sp³-hybridized carbons (Fsp3) is 0.0714. The molecule has 0 fully saturated rings. The Balaban J connectivity index is 2.25. The summed E-state index contributed by atoms with van der Waals surface area (Å²) >= 11 is 0. The van der Waals surface area contributed by atoms with E-state index in [2.05, 4.69) is 5.10 Å². The van der Waals surface area contributed by atoms with Gasteiger partial charge in [-0.15, -0.1) is 0 Å². The number of aromatic nitrogens is 2. The van der Waals surface area contributed by atoms with Gasteiger partial charge in [-0.1, -0.05) is 6.07 Å². The van der Waals surface area contributed by atoms with Gasteiger partial charge in [-0.25, -0.2) is 0 Å². The smallest absolute Gasteiger partial charge is 0.274 e. The molecule has 96 valence electrons. The van der Waals surface area contributed by atoms with E-state index in [-0.39, 0.29) is 5.56 Å². The Kier molecular flexibility index (Phi) is 2.52. The average molecular weight is 255 g/mol. The topological polar surface area (TPSA) is 73.0 Å². The minimum absolute atomic E-state index is 0.191. The zero-order valence-corrected chi connectivity index (χ0v) is 10.4. The van der Waals surface area contributed by atoms with Crippen LogP contribution in [-0.4, -0.2) is 16.9 Å². The summed E-state index contributed by atoms with van der Waals surface area (Å²) in [6, 6.07) is 12.8. The van der Waals surface area contributed by atoms with E-state index in [4.69, 9.17) is 10.5 Å². The van der Waals surface area contributed by atoms with E-state index in [1.54, 1.807) is 17.9 Å². The summed E-state index contributed by atoms with van der Waals surface area (Å²) in [7, 11) is 1.61. The number of nitrogens with one attached hydrogen (secondary N) is 1. The molecule has 3 N–H and O–H groups in total. The number of H-pyrrole nitrogens is 1. The molecule has 1 heterocycles. The molecule has 5 heteroatoms. The van der Waals surface area contributed by atoms with E-state index in [1.807, 2.05) is 36.4 Å². The zero-order chi connectivity index (χ0) is 13.4. The Morgan fingerprint density at radius 1 is 1.16 bits per heavy atom. The third kappa shape index (κ3) is 1.76. The fourth-order valence-corrected chi connectivity index (χ4v) is 2.14. The second-order valence-electron chi connectivity index (χ2n) is 4.22. The lowest BCUT2D eigenvalue weighted by molar-refractivity contribution is 0.414. The molecule has 0 saturated heterocycles. The molecule has 0 aliphatic rings. The summed E-state index contributed by atoms with van der Waals surface area (Å²) in [5.41, 5.74) is 7.73. The normalized spacial score (nSPS) is 10.8. The fourth-order valence-electron chi connectivity index (χ4n) is 2.14. The van der Waals surface area contributed by atoms with Gasteiger partial charge in [-0.2, -0.15) is 0 Å². The second-order valence-corrected chi connectivity index (χ2v) is 4.22. The molecule has 0 radical (unpaired) electrons. The van der Waals surface area contributed by atoms with E-state index >= 15 is 0 Å². The number of methoxy groups -OCH3 is 1. The Morgan fingerprint density at radius 2 is 1.89 bits per heavy atom. The van der Waals surface area contributed by atoms with Crippen LogP contribution in [0.4, 0.5) is 5.69 Å². The molecule has 3 rings (SSSR count). The van der Waals surface area contributed by atoms with Gasteiger partial charge < -0.3 is 10.5 Å². The van der Waals surface area contributed by atoms with Crippen molar-refractivity contribution in [1.29, 1.82) is 0 Å². The van der Waals surface area contributed by atoms with Crippen molar-refractivity contribution in [2.75, 3.05) is 12.8 Å². The second kappa shape index (κ2) is 4.20. The first kappa shape index (κ1) is 11.4. The highest BCUT2D eigenvalue weighted by atomic mass is 16.5. The molecule has 1 aromatic heterocycles. The van der Waals surface area contributed by atoms with E-state index in [0.717, 1.165) is 17.0 Å². The number of anilines is 1. The van der Waals surface area contributed by atoms with Crippen molar-refractivity contribution >= 4 is 16.6 Å². The van der Waals surface area contributed by atoms with Gasteiger partial charge in [0.2, 0.25) is 0 Å². The lowest BCUT2D eigenvalue weighted by Gasteiger charge is -2.06. The summed E-state index contributed by atoms with van der Waals surface area (Å²) in [4.78, 5) is 11.9. The molecule has 0 amide bonds. The van der Waals surface area contributed by atoms with E-state index in [9.17, 15) is 4.79 Å². The van der Waals surface area contributed by atoms with E-state index in [0.29, 0.717) is 11.1 Å². The first-order chi connectivity index (χ1) is 9.20. The molecular weight excluding hydrogens is 242 g/mol. The third-order valence-electron chi connectivity index (χ3n) is 3.09. The third-order valence-corrected chi connectivity index (χ3v) is 3.09. The lowest BCUT2D eigenvalue weighted by Crippen LogP contribution is -2.04. The number of nitrogen functional groups attached to an aromatic ring is 1. The van der Waals surface area contributed by atoms with Gasteiger partial charge in [0.1, 0.15) is 5.75 Å². The van der Waals surface area contributed by atoms with Crippen LogP contribution in [0.15, 0.2) is 47.3 Å². The van der Waals surface area contributed by atoms with Crippen LogP contribution in [-0.2, 0) is 0 Å². The van der Waals surface area contributed by atoms with Crippen LogP contribution in [0.25, 0.3) is 16.6 Å². The minimum atomic E-state index is -0.191. The first-order valence-electron chi connectivity index (χ1n) is 5.84. The van der Waals surface area contributed by atoms with Crippen LogP contribution < -0.4 is 16.0 Å². The largest absolute Gasteiger partial charge is 0.497 e. The number of hydrogen-bond acceptors (Lipinski definition) is 3. The number of rotatable bonds is 2. The number of benzene rings is 2.